The molecule has 1 saturated carbocycles. The summed E-state index contributed by atoms with van der Waals surface area (Å²) in [4.78, 5) is 35.8. The lowest BCUT2D eigenvalue weighted by molar-refractivity contribution is -0.140. The fraction of sp³-hybridized carbons (Fsp3) is 0.471. The van der Waals surface area contributed by atoms with Gasteiger partial charge in [0.25, 0.3) is 0 Å². The van der Waals surface area contributed by atoms with Crippen LogP contribution in [0.25, 0.3) is 0 Å². The molecule has 1 aromatic rings. The number of carboxylic acid groups (broad SMARTS) is 1. The van der Waals surface area contributed by atoms with E-state index in [0.29, 0.717) is 11.5 Å². The molecule has 0 aromatic heterocycles. The predicted molar refractivity (Wildman–Crippen MR) is 87.9 cm³/mol. The van der Waals surface area contributed by atoms with Gasteiger partial charge in [-0.2, -0.15) is 0 Å². The molecule has 2 atom stereocenters. The molecule has 0 bridgehead atoms. The standard InChI is InChI=1S/C17H21NO7/c1-17(2)12(13(17)15(20)21)14(19)18-9-7-11(24-4)10(23-3)6-8(9)16(22)25-5/h6-7,12-13H,1-5H3,(H,18,19)(H,20,21)/t12-,13-/m0/s1. The molecule has 8 nitrogen and oxygen atoms in total. The highest BCUT2D eigenvalue weighted by molar-refractivity contribution is 6.05. The quantitative estimate of drug-likeness (QED) is 0.752. The first kappa shape index (κ1) is 18.6. The third-order valence-electron chi connectivity index (χ3n) is 4.56. The van der Waals surface area contributed by atoms with Crippen LogP contribution in [0.5, 0.6) is 11.5 Å². The first-order valence-corrected chi connectivity index (χ1v) is 7.57. The van der Waals surface area contributed by atoms with Crippen molar-refractivity contribution < 1.29 is 33.7 Å². The number of carbonyl (C=O) groups excluding carboxylic acids is 2. The zero-order valence-corrected chi connectivity index (χ0v) is 14.7. The normalized spacial score (nSPS) is 20.4. The van der Waals surface area contributed by atoms with Crippen molar-refractivity contribution in [2.45, 2.75) is 13.8 Å². The minimum absolute atomic E-state index is 0.0823. The highest BCUT2D eigenvalue weighted by Gasteiger charge is 2.65. The Kier molecular flexibility index (Phi) is 4.92. The molecule has 0 spiro atoms. The van der Waals surface area contributed by atoms with Gasteiger partial charge in [-0.1, -0.05) is 13.8 Å². The molecule has 136 valence electrons. The van der Waals surface area contributed by atoms with Crippen molar-refractivity contribution in [2.24, 2.45) is 17.3 Å². The van der Waals surface area contributed by atoms with Crippen molar-refractivity contribution >= 4 is 23.5 Å². The first-order valence-electron chi connectivity index (χ1n) is 7.57. The van der Waals surface area contributed by atoms with Gasteiger partial charge in [-0.3, -0.25) is 9.59 Å². The van der Waals surface area contributed by atoms with Crippen molar-refractivity contribution in [3.05, 3.63) is 17.7 Å². The highest BCUT2D eigenvalue weighted by atomic mass is 16.5. The van der Waals surface area contributed by atoms with Crippen molar-refractivity contribution in [3.8, 4) is 11.5 Å². The second kappa shape index (κ2) is 6.62. The van der Waals surface area contributed by atoms with Crippen molar-refractivity contribution in [3.63, 3.8) is 0 Å². The fourth-order valence-corrected chi connectivity index (χ4v) is 3.06. The molecule has 2 N–H and O–H groups in total. The zero-order valence-electron chi connectivity index (χ0n) is 14.7. The lowest BCUT2D eigenvalue weighted by atomic mass is 10.1. The van der Waals surface area contributed by atoms with E-state index in [1.807, 2.05) is 0 Å². The summed E-state index contributed by atoms with van der Waals surface area (Å²) in [7, 11) is 4.06. The maximum atomic E-state index is 12.5. The maximum Gasteiger partial charge on any atom is 0.340 e. The number of nitrogens with one attached hydrogen (secondary N) is 1. The van der Waals surface area contributed by atoms with Crippen LogP contribution < -0.4 is 14.8 Å². The third-order valence-corrected chi connectivity index (χ3v) is 4.56. The SMILES string of the molecule is COC(=O)c1cc(OC)c(OC)cc1NC(=O)[C@@H]1[C@@H](C(=O)O)C1(C)C. The van der Waals surface area contributed by atoms with Crippen LogP contribution >= 0.6 is 0 Å². The minimum Gasteiger partial charge on any atom is -0.493 e. The van der Waals surface area contributed by atoms with Crippen LogP contribution in [-0.4, -0.2) is 44.3 Å². The minimum atomic E-state index is -1.02. The molecule has 1 amide bonds. The smallest absolute Gasteiger partial charge is 0.340 e. The molecule has 8 heteroatoms. The van der Waals surface area contributed by atoms with E-state index in [1.165, 1.54) is 33.5 Å². The molecule has 2 rings (SSSR count). The van der Waals surface area contributed by atoms with E-state index in [1.54, 1.807) is 13.8 Å². The fourth-order valence-electron chi connectivity index (χ4n) is 3.06. The number of hydrogen-bond acceptors (Lipinski definition) is 6. The van der Waals surface area contributed by atoms with Gasteiger partial charge in [0.15, 0.2) is 11.5 Å². The third kappa shape index (κ3) is 3.24. The lowest BCUT2D eigenvalue weighted by Crippen LogP contribution is -2.20. The Labute approximate surface area is 145 Å². The Morgan fingerprint density at radius 1 is 1.04 bits per heavy atom. The van der Waals surface area contributed by atoms with E-state index in [4.69, 9.17) is 14.2 Å². The van der Waals surface area contributed by atoms with Gasteiger partial charge in [-0.15, -0.1) is 0 Å². The predicted octanol–water partition coefficient (Wildman–Crippen LogP) is 1.79. The molecular formula is C17H21NO7. The number of rotatable bonds is 6. The Hall–Kier alpha value is -2.77. The summed E-state index contributed by atoms with van der Waals surface area (Å²) < 4.78 is 15.1. The summed E-state index contributed by atoms with van der Waals surface area (Å²) in [5.41, 5.74) is -0.405. The average Bonchev–Trinajstić information content (AvgIpc) is 3.16. The summed E-state index contributed by atoms with van der Waals surface area (Å²) in [5, 5.41) is 11.8. The molecule has 0 saturated heterocycles. The lowest BCUT2D eigenvalue weighted by Gasteiger charge is -2.15. The molecule has 0 unspecified atom stereocenters. The number of carboxylic acids is 1. The Balaban J connectivity index is 2.36. The van der Waals surface area contributed by atoms with Gasteiger partial charge in [0, 0.05) is 12.1 Å². The number of methoxy groups -OCH3 is 3. The van der Waals surface area contributed by atoms with E-state index >= 15 is 0 Å². The van der Waals surface area contributed by atoms with Gasteiger partial charge in [-0.25, -0.2) is 4.79 Å². The summed E-state index contributed by atoms with van der Waals surface area (Å²) in [6, 6.07) is 2.83. The van der Waals surface area contributed by atoms with Crippen LogP contribution in [0.1, 0.15) is 24.2 Å². The van der Waals surface area contributed by atoms with Crippen LogP contribution in [0.4, 0.5) is 5.69 Å². The molecule has 0 heterocycles. The highest BCUT2D eigenvalue weighted by Crippen LogP contribution is 2.58. The Morgan fingerprint density at radius 3 is 2.04 bits per heavy atom. The van der Waals surface area contributed by atoms with Crippen LogP contribution in [0, 0.1) is 17.3 Å². The number of hydrogen-bond donors (Lipinski definition) is 2. The number of aliphatic carboxylic acids is 1. The van der Waals surface area contributed by atoms with E-state index < -0.39 is 35.1 Å². The molecule has 1 aromatic carbocycles. The van der Waals surface area contributed by atoms with E-state index in [-0.39, 0.29) is 11.3 Å². The molecule has 25 heavy (non-hydrogen) atoms. The second-order valence-corrected chi connectivity index (χ2v) is 6.35. The summed E-state index contributed by atoms with van der Waals surface area (Å²) >= 11 is 0. The number of amides is 1. The second-order valence-electron chi connectivity index (χ2n) is 6.35. The number of esters is 1. The van der Waals surface area contributed by atoms with Crippen LogP contribution in [-0.2, 0) is 14.3 Å². The molecule has 1 fully saturated rings. The topological polar surface area (TPSA) is 111 Å². The van der Waals surface area contributed by atoms with Gasteiger partial charge in [0.1, 0.15) is 0 Å². The van der Waals surface area contributed by atoms with Gasteiger partial charge < -0.3 is 24.6 Å². The number of anilines is 1. The first-order chi connectivity index (χ1) is 11.7. The van der Waals surface area contributed by atoms with Gasteiger partial charge in [-0.05, 0) is 5.41 Å². The van der Waals surface area contributed by atoms with Crippen molar-refractivity contribution in [2.75, 3.05) is 26.6 Å². The van der Waals surface area contributed by atoms with E-state index in [0.717, 1.165) is 0 Å². The number of carbonyl (C=O) groups is 3. The summed E-state index contributed by atoms with van der Waals surface area (Å²) in [6.07, 6.45) is 0. The van der Waals surface area contributed by atoms with Gasteiger partial charge in [0.2, 0.25) is 5.91 Å². The summed E-state index contributed by atoms with van der Waals surface area (Å²) in [6.45, 7) is 3.43. The van der Waals surface area contributed by atoms with E-state index in [2.05, 4.69) is 5.32 Å². The maximum absolute atomic E-state index is 12.5. The van der Waals surface area contributed by atoms with Crippen LogP contribution in [0.2, 0.25) is 0 Å². The zero-order chi connectivity index (χ0) is 18.9. The van der Waals surface area contributed by atoms with Gasteiger partial charge in [0.05, 0.1) is 44.4 Å². The molecule has 0 aliphatic heterocycles. The molecule has 1 aliphatic rings. The largest absolute Gasteiger partial charge is 0.493 e. The van der Waals surface area contributed by atoms with Crippen molar-refractivity contribution in [1.29, 1.82) is 0 Å². The monoisotopic (exact) mass is 351 g/mol. The summed E-state index contributed by atoms with van der Waals surface area (Å²) in [5.74, 6) is -3.01. The van der Waals surface area contributed by atoms with Crippen LogP contribution in [0.3, 0.4) is 0 Å². The Morgan fingerprint density at radius 2 is 1.60 bits per heavy atom. The number of benzene rings is 1. The van der Waals surface area contributed by atoms with Crippen LogP contribution in [0.15, 0.2) is 12.1 Å². The Bertz CT molecular complexity index is 726. The molecule has 1 aliphatic carbocycles. The van der Waals surface area contributed by atoms with Gasteiger partial charge >= 0.3 is 11.9 Å². The molecule has 0 radical (unpaired) electrons. The van der Waals surface area contributed by atoms with Crippen molar-refractivity contribution in [1.82, 2.24) is 0 Å². The molecular weight excluding hydrogens is 330 g/mol. The number of ether oxygens (including phenoxy) is 3. The average molecular weight is 351 g/mol. The van der Waals surface area contributed by atoms with E-state index in [9.17, 15) is 19.5 Å².